The van der Waals surface area contributed by atoms with Gasteiger partial charge in [0.15, 0.2) is 11.5 Å². The highest BCUT2D eigenvalue weighted by Crippen LogP contribution is 2.32. The van der Waals surface area contributed by atoms with Gasteiger partial charge in [-0.3, -0.25) is 0 Å². The average Bonchev–Trinajstić information content (AvgIpc) is 2.47. The van der Waals surface area contributed by atoms with Crippen LogP contribution in [0.3, 0.4) is 0 Å². The number of para-hydroxylation sites is 1. The van der Waals surface area contributed by atoms with Crippen LogP contribution in [0, 0.1) is 0 Å². The van der Waals surface area contributed by atoms with E-state index >= 15 is 0 Å². The molecule has 5 heteroatoms. The number of methoxy groups -OCH3 is 2. The third kappa shape index (κ3) is 3.38. The molecule has 0 bridgehead atoms. The number of anilines is 1. The Balaban J connectivity index is 2.20. The van der Waals surface area contributed by atoms with Crippen LogP contribution in [-0.4, -0.2) is 14.2 Å². The molecule has 0 heterocycles. The number of hydrogen-bond acceptors (Lipinski definition) is 3. The van der Waals surface area contributed by atoms with E-state index in [-0.39, 0.29) is 0 Å². The maximum absolute atomic E-state index is 6.00. The van der Waals surface area contributed by atoms with E-state index in [1.54, 1.807) is 14.2 Å². The number of hydrogen-bond donors (Lipinski definition) is 1. The van der Waals surface area contributed by atoms with Gasteiger partial charge in [-0.25, -0.2) is 0 Å². The summed E-state index contributed by atoms with van der Waals surface area (Å²) in [6.07, 6.45) is 0. The number of nitrogens with one attached hydrogen (secondary N) is 1. The van der Waals surface area contributed by atoms with Crippen molar-refractivity contribution in [3.63, 3.8) is 0 Å². The molecule has 0 saturated heterocycles. The molecule has 0 fully saturated rings. The Labute approximate surface area is 132 Å². The molecule has 0 amide bonds. The zero-order valence-corrected chi connectivity index (χ0v) is 13.6. The standard InChI is InChI=1S/C15H15BrClNO2/c1-19-14-5-3-4-10(15(14)20-2)9-18-13-8-11(17)6-7-12(13)16/h3-8,18H,9H2,1-2H3. The zero-order valence-electron chi connectivity index (χ0n) is 11.2. The second kappa shape index (κ2) is 6.86. The van der Waals surface area contributed by atoms with Gasteiger partial charge in [0, 0.05) is 21.6 Å². The molecule has 0 aliphatic carbocycles. The van der Waals surface area contributed by atoms with Crippen molar-refractivity contribution < 1.29 is 9.47 Å². The Morgan fingerprint density at radius 1 is 1.15 bits per heavy atom. The normalized spacial score (nSPS) is 10.2. The highest BCUT2D eigenvalue weighted by Gasteiger charge is 2.09. The maximum Gasteiger partial charge on any atom is 0.165 e. The van der Waals surface area contributed by atoms with Crippen molar-refractivity contribution in [2.45, 2.75) is 6.54 Å². The van der Waals surface area contributed by atoms with Crippen LogP contribution in [0.25, 0.3) is 0 Å². The number of halogens is 2. The summed E-state index contributed by atoms with van der Waals surface area (Å²) in [5, 5.41) is 4.02. The van der Waals surface area contributed by atoms with Crippen LogP contribution in [0.15, 0.2) is 40.9 Å². The molecular formula is C15H15BrClNO2. The smallest absolute Gasteiger partial charge is 0.165 e. The molecule has 0 unspecified atom stereocenters. The van der Waals surface area contributed by atoms with Gasteiger partial charge in [0.1, 0.15) is 0 Å². The molecule has 1 N–H and O–H groups in total. The topological polar surface area (TPSA) is 30.5 Å². The molecule has 0 spiro atoms. The van der Waals surface area contributed by atoms with Gasteiger partial charge in [-0.1, -0.05) is 23.7 Å². The van der Waals surface area contributed by atoms with Crippen LogP contribution < -0.4 is 14.8 Å². The monoisotopic (exact) mass is 355 g/mol. The summed E-state index contributed by atoms with van der Waals surface area (Å²) in [4.78, 5) is 0. The van der Waals surface area contributed by atoms with E-state index in [9.17, 15) is 0 Å². The molecule has 0 aromatic heterocycles. The lowest BCUT2D eigenvalue weighted by molar-refractivity contribution is 0.352. The summed E-state index contributed by atoms with van der Waals surface area (Å²) in [7, 11) is 3.26. The predicted molar refractivity (Wildman–Crippen MR) is 86.0 cm³/mol. The summed E-state index contributed by atoms with van der Waals surface area (Å²) >= 11 is 9.49. The van der Waals surface area contributed by atoms with Crippen LogP contribution in [0.5, 0.6) is 11.5 Å². The molecule has 2 aromatic carbocycles. The minimum Gasteiger partial charge on any atom is -0.493 e. The van der Waals surface area contributed by atoms with Crippen molar-refractivity contribution >= 4 is 33.2 Å². The van der Waals surface area contributed by atoms with E-state index in [0.717, 1.165) is 27.2 Å². The zero-order chi connectivity index (χ0) is 14.5. The molecule has 3 nitrogen and oxygen atoms in total. The first-order chi connectivity index (χ1) is 9.65. The third-order valence-electron chi connectivity index (χ3n) is 2.88. The van der Waals surface area contributed by atoms with E-state index < -0.39 is 0 Å². The lowest BCUT2D eigenvalue weighted by Gasteiger charge is -2.14. The van der Waals surface area contributed by atoms with Gasteiger partial charge in [-0.05, 0) is 40.2 Å². The number of ether oxygens (including phenoxy) is 2. The first-order valence-electron chi connectivity index (χ1n) is 6.04. The molecular weight excluding hydrogens is 342 g/mol. The third-order valence-corrected chi connectivity index (χ3v) is 3.81. The Bertz CT molecular complexity index is 604. The van der Waals surface area contributed by atoms with Gasteiger partial charge < -0.3 is 14.8 Å². The fourth-order valence-electron chi connectivity index (χ4n) is 1.92. The highest BCUT2D eigenvalue weighted by molar-refractivity contribution is 9.10. The lowest BCUT2D eigenvalue weighted by atomic mass is 10.1. The second-order valence-corrected chi connectivity index (χ2v) is 5.42. The SMILES string of the molecule is COc1cccc(CNc2cc(Cl)ccc2Br)c1OC. The van der Waals surface area contributed by atoms with Crippen LogP contribution in [-0.2, 0) is 6.54 Å². The quantitative estimate of drug-likeness (QED) is 0.840. The van der Waals surface area contributed by atoms with Crippen molar-refractivity contribution in [3.05, 3.63) is 51.5 Å². The van der Waals surface area contributed by atoms with E-state index in [0.29, 0.717) is 11.6 Å². The summed E-state index contributed by atoms with van der Waals surface area (Å²) < 4.78 is 11.7. The maximum atomic E-state index is 6.00. The highest BCUT2D eigenvalue weighted by atomic mass is 79.9. The van der Waals surface area contributed by atoms with Crippen molar-refractivity contribution in [1.82, 2.24) is 0 Å². The van der Waals surface area contributed by atoms with Gasteiger partial charge in [-0.15, -0.1) is 0 Å². The molecule has 0 atom stereocenters. The average molecular weight is 357 g/mol. The Morgan fingerprint density at radius 2 is 1.95 bits per heavy atom. The molecule has 0 aliphatic heterocycles. The van der Waals surface area contributed by atoms with Crippen molar-refractivity contribution in [3.8, 4) is 11.5 Å². The van der Waals surface area contributed by atoms with Crippen molar-refractivity contribution in [2.24, 2.45) is 0 Å². The van der Waals surface area contributed by atoms with Crippen LogP contribution in [0.2, 0.25) is 5.02 Å². The van der Waals surface area contributed by atoms with Gasteiger partial charge in [0.25, 0.3) is 0 Å². The summed E-state index contributed by atoms with van der Waals surface area (Å²) in [6, 6.07) is 11.4. The lowest BCUT2D eigenvalue weighted by Crippen LogP contribution is -2.03. The molecule has 20 heavy (non-hydrogen) atoms. The first-order valence-corrected chi connectivity index (χ1v) is 7.21. The minimum atomic E-state index is 0.610. The van der Waals surface area contributed by atoms with E-state index in [1.807, 2.05) is 36.4 Å². The van der Waals surface area contributed by atoms with Crippen LogP contribution in [0.4, 0.5) is 5.69 Å². The second-order valence-electron chi connectivity index (χ2n) is 4.13. The molecule has 2 aromatic rings. The Kier molecular flexibility index (Phi) is 5.15. The van der Waals surface area contributed by atoms with E-state index in [2.05, 4.69) is 21.2 Å². The van der Waals surface area contributed by atoms with Crippen LogP contribution >= 0.6 is 27.5 Å². The minimum absolute atomic E-state index is 0.610. The van der Waals surface area contributed by atoms with Crippen LogP contribution in [0.1, 0.15) is 5.56 Å². The first kappa shape index (κ1) is 15.0. The predicted octanol–water partition coefficient (Wildman–Crippen LogP) is 4.73. The van der Waals surface area contributed by atoms with Gasteiger partial charge in [0.05, 0.1) is 19.9 Å². The molecule has 0 radical (unpaired) electrons. The Hall–Kier alpha value is -1.39. The van der Waals surface area contributed by atoms with E-state index in [1.165, 1.54) is 0 Å². The van der Waals surface area contributed by atoms with Gasteiger partial charge in [-0.2, -0.15) is 0 Å². The van der Waals surface area contributed by atoms with E-state index in [4.69, 9.17) is 21.1 Å². The van der Waals surface area contributed by atoms with Crippen molar-refractivity contribution in [1.29, 1.82) is 0 Å². The van der Waals surface area contributed by atoms with Gasteiger partial charge in [0.2, 0.25) is 0 Å². The molecule has 106 valence electrons. The summed E-state index contributed by atoms with van der Waals surface area (Å²) in [6.45, 7) is 0.610. The summed E-state index contributed by atoms with van der Waals surface area (Å²) in [5.74, 6) is 1.46. The summed E-state index contributed by atoms with van der Waals surface area (Å²) in [5.41, 5.74) is 1.95. The number of benzene rings is 2. The fraction of sp³-hybridized carbons (Fsp3) is 0.200. The number of rotatable bonds is 5. The largest absolute Gasteiger partial charge is 0.493 e. The molecule has 0 aliphatic rings. The fourth-order valence-corrected chi connectivity index (χ4v) is 2.48. The Morgan fingerprint density at radius 3 is 2.65 bits per heavy atom. The molecule has 2 rings (SSSR count). The van der Waals surface area contributed by atoms with Crippen molar-refractivity contribution in [2.75, 3.05) is 19.5 Å². The molecule has 0 saturated carbocycles. The van der Waals surface area contributed by atoms with Gasteiger partial charge >= 0.3 is 0 Å².